The second-order valence-electron chi connectivity index (χ2n) is 4.95. The fraction of sp³-hybridized carbons (Fsp3) is 0.267. The lowest BCUT2D eigenvalue weighted by atomic mass is 10.2. The van der Waals surface area contributed by atoms with Crippen molar-refractivity contribution in [2.75, 3.05) is 5.32 Å². The van der Waals surface area contributed by atoms with Gasteiger partial charge in [0.05, 0.1) is 5.02 Å². The molecule has 0 unspecified atom stereocenters. The van der Waals surface area contributed by atoms with Crippen molar-refractivity contribution in [3.8, 4) is 5.75 Å². The number of nitrogens with zero attached hydrogens (tertiary/aromatic N) is 1. The van der Waals surface area contributed by atoms with Crippen LogP contribution >= 0.6 is 11.6 Å². The Bertz CT molecular complexity index is 647. The Hall–Kier alpha value is -1.94. The van der Waals surface area contributed by atoms with E-state index in [0.29, 0.717) is 22.0 Å². The quantitative estimate of drug-likeness (QED) is 0.899. The minimum Gasteiger partial charge on any atom is -0.508 e. The van der Waals surface area contributed by atoms with E-state index in [1.54, 1.807) is 37.4 Å². The van der Waals surface area contributed by atoms with E-state index in [1.807, 2.05) is 18.4 Å². The van der Waals surface area contributed by atoms with Crippen LogP contribution in [0.2, 0.25) is 5.02 Å². The van der Waals surface area contributed by atoms with Gasteiger partial charge >= 0.3 is 0 Å². The van der Waals surface area contributed by atoms with Crippen molar-refractivity contribution in [2.45, 2.75) is 26.8 Å². The van der Waals surface area contributed by atoms with Gasteiger partial charge in [0, 0.05) is 23.5 Å². The molecule has 1 amide bonds. The van der Waals surface area contributed by atoms with E-state index in [4.69, 9.17) is 11.6 Å². The van der Waals surface area contributed by atoms with Crippen molar-refractivity contribution in [2.24, 2.45) is 0 Å². The summed E-state index contributed by atoms with van der Waals surface area (Å²) < 4.78 is 1.82. The van der Waals surface area contributed by atoms with Crippen molar-refractivity contribution in [3.63, 3.8) is 0 Å². The summed E-state index contributed by atoms with van der Waals surface area (Å²) in [6.07, 6.45) is 1.73. The normalized spacial score (nSPS) is 10.8. The number of carbonyl (C=O) groups excluding carboxylic acids is 1. The largest absolute Gasteiger partial charge is 0.508 e. The third-order valence-corrected chi connectivity index (χ3v) is 3.36. The molecule has 20 heavy (non-hydrogen) atoms. The number of hydrogen-bond acceptors (Lipinski definition) is 2. The Kier molecular flexibility index (Phi) is 4.04. The van der Waals surface area contributed by atoms with Crippen LogP contribution in [0.5, 0.6) is 5.75 Å². The average Bonchev–Trinajstić information content (AvgIpc) is 2.77. The monoisotopic (exact) mass is 292 g/mol. The molecular formula is C15H17ClN2O2. The van der Waals surface area contributed by atoms with E-state index in [9.17, 15) is 9.90 Å². The minimum atomic E-state index is -0.251. The highest BCUT2D eigenvalue weighted by molar-refractivity contribution is 6.31. The molecule has 0 aliphatic heterocycles. The second-order valence-corrected chi connectivity index (χ2v) is 5.38. The molecular weight excluding hydrogens is 276 g/mol. The number of hydrogen-bond donors (Lipinski definition) is 2. The molecule has 106 valence electrons. The number of nitrogens with one attached hydrogen (secondary N) is 1. The number of anilines is 1. The Morgan fingerprint density at radius 1 is 1.40 bits per heavy atom. The SMILES string of the molecule is Cc1c(O)cccc1NC(=O)c1cc(Cl)cn1C(C)C. The van der Waals surface area contributed by atoms with Crippen molar-refractivity contribution >= 4 is 23.2 Å². The molecule has 0 spiro atoms. The molecule has 2 N–H and O–H groups in total. The van der Waals surface area contributed by atoms with Crippen LogP contribution in [0.15, 0.2) is 30.5 Å². The molecule has 1 aromatic heterocycles. The molecule has 1 heterocycles. The van der Waals surface area contributed by atoms with E-state index in [-0.39, 0.29) is 17.7 Å². The molecule has 5 heteroatoms. The van der Waals surface area contributed by atoms with Gasteiger partial charge in [-0.2, -0.15) is 0 Å². The lowest BCUT2D eigenvalue weighted by molar-refractivity contribution is 0.101. The van der Waals surface area contributed by atoms with Crippen LogP contribution in [0.1, 0.15) is 35.9 Å². The van der Waals surface area contributed by atoms with E-state index in [1.165, 1.54) is 0 Å². The standard InChI is InChI=1S/C15H17ClN2O2/c1-9(2)18-8-11(16)7-13(18)15(20)17-12-5-4-6-14(19)10(12)3/h4-9,19H,1-3H3,(H,17,20). The molecule has 1 aromatic carbocycles. The van der Waals surface area contributed by atoms with Crippen molar-refractivity contribution in [1.82, 2.24) is 4.57 Å². The molecule has 2 rings (SSSR count). The fourth-order valence-corrected chi connectivity index (χ4v) is 2.21. The Morgan fingerprint density at radius 3 is 2.75 bits per heavy atom. The molecule has 0 aliphatic carbocycles. The average molecular weight is 293 g/mol. The van der Waals surface area contributed by atoms with Crippen LogP contribution in [0, 0.1) is 6.92 Å². The first kappa shape index (κ1) is 14.5. The van der Waals surface area contributed by atoms with E-state index < -0.39 is 0 Å². The van der Waals surface area contributed by atoms with Gasteiger partial charge in [-0.1, -0.05) is 17.7 Å². The summed E-state index contributed by atoms with van der Waals surface area (Å²) in [5.41, 5.74) is 1.71. The zero-order valence-electron chi connectivity index (χ0n) is 11.6. The van der Waals surface area contributed by atoms with E-state index >= 15 is 0 Å². The number of aromatic nitrogens is 1. The molecule has 2 aromatic rings. The Labute approximate surface area is 123 Å². The predicted molar refractivity (Wildman–Crippen MR) is 80.6 cm³/mol. The number of phenols is 1. The second kappa shape index (κ2) is 5.59. The van der Waals surface area contributed by atoms with Gasteiger partial charge in [-0.05, 0) is 39.0 Å². The van der Waals surface area contributed by atoms with Gasteiger partial charge in [0.2, 0.25) is 0 Å². The first-order valence-electron chi connectivity index (χ1n) is 6.37. The lowest BCUT2D eigenvalue weighted by Crippen LogP contribution is -2.18. The highest BCUT2D eigenvalue weighted by Gasteiger charge is 2.16. The van der Waals surface area contributed by atoms with Gasteiger partial charge in [0.15, 0.2) is 0 Å². The van der Waals surface area contributed by atoms with Crippen LogP contribution in [0.25, 0.3) is 0 Å². The van der Waals surface area contributed by atoms with Crippen LogP contribution in [-0.4, -0.2) is 15.6 Å². The number of benzene rings is 1. The molecule has 0 bridgehead atoms. The van der Waals surface area contributed by atoms with Crippen LogP contribution in [-0.2, 0) is 0 Å². The van der Waals surface area contributed by atoms with Crippen molar-refractivity contribution in [3.05, 3.63) is 46.7 Å². The first-order chi connectivity index (χ1) is 9.40. The number of aromatic hydroxyl groups is 1. The third kappa shape index (κ3) is 2.80. The predicted octanol–water partition coefficient (Wildman–Crippen LogP) is 3.99. The van der Waals surface area contributed by atoms with Gasteiger partial charge in [0.25, 0.3) is 5.91 Å². The summed E-state index contributed by atoms with van der Waals surface area (Å²) in [5, 5.41) is 13.0. The minimum absolute atomic E-state index is 0.133. The first-order valence-corrected chi connectivity index (χ1v) is 6.75. The molecule has 0 fully saturated rings. The van der Waals surface area contributed by atoms with Gasteiger partial charge in [-0.3, -0.25) is 4.79 Å². The summed E-state index contributed by atoms with van der Waals surface area (Å²) in [4.78, 5) is 12.3. The van der Waals surface area contributed by atoms with Gasteiger partial charge < -0.3 is 15.0 Å². The Balaban J connectivity index is 2.31. The van der Waals surface area contributed by atoms with Gasteiger partial charge in [-0.25, -0.2) is 0 Å². The van der Waals surface area contributed by atoms with E-state index in [0.717, 1.165) is 0 Å². The lowest BCUT2D eigenvalue weighted by Gasteiger charge is -2.14. The number of amides is 1. The summed E-state index contributed by atoms with van der Waals surface area (Å²) in [5.74, 6) is -0.0978. The summed E-state index contributed by atoms with van der Waals surface area (Å²) in [6, 6.07) is 6.78. The molecule has 0 saturated carbocycles. The Morgan fingerprint density at radius 2 is 2.10 bits per heavy atom. The number of carbonyl (C=O) groups is 1. The molecule has 0 atom stereocenters. The zero-order valence-corrected chi connectivity index (χ0v) is 12.4. The molecule has 0 saturated heterocycles. The molecule has 0 radical (unpaired) electrons. The van der Waals surface area contributed by atoms with Crippen LogP contribution in [0.4, 0.5) is 5.69 Å². The van der Waals surface area contributed by atoms with Crippen LogP contribution < -0.4 is 5.32 Å². The summed E-state index contributed by atoms with van der Waals surface area (Å²) in [7, 11) is 0. The maximum Gasteiger partial charge on any atom is 0.272 e. The number of phenolic OH excluding ortho intramolecular Hbond substituents is 1. The third-order valence-electron chi connectivity index (χ3n) is 3.16. The highest BCUT2D eigenvalue weighted by Crippen LogP contribution is 2.25. The maximum atomic E-state index is 12.3. The zero-order chi connectivity index (χ0) is 14.9. The molecule has 4 nitrogen and oxygen atoms in total. The summed E-state index contributed by atoms with van der Waals surface area (Å²) in [6.45, 7) is 5.71. The van der Waals surface area contributed by atoms with Crippen molar-refractivity contribution in [1.29, 1.82) is 0 Å². The smallest absolute Gasteiger partial charge is 0.272 e. The maximum absolute atomic E-state index is 12.3. The van der Waals surface area contributed by atoms with Gasteiger partial charge in [0.1, 0.15) is 11.4 Å². The van der Waals surface area contributed by atoms with Crippen molar-refractivity contribution < 1.29 is 9.90 Å². The molecule has 0 aliphatic rings. The topological polar surface area (TPSA) is 54.3 Å². The van der Waals surface area contributed by atoms with Crippen LogP contribution in [0.3, 0.4) is 0 Å². The number of halogens is 1. The number of rotatable bonds is 3. The highest BCUT2D eigenvalue weighted by atomic mass is 35.5. The fourth-order valence-electron chi connectivity index (χ4n) is 2.00. The summed E-state index contributed by atoms with van der Waals surface area (Å²) >= 11 is 5.97. The van der Waals surface area contributed by atoms with E-state index in [2.05, 4.69) is 5.32 Å². The van der Waals surface area contributed by atoms with Gasteiger partial charge in [-0.15, -0.1) is 0 Å².